The van der Waals surface area contributed by atoms with Gasteiger partial charge in [-0.1, -0.05) is 26.7 Å². The van der Waals surface area contributed by atoms with Crippen LogP contribution in [0.3, 0.4) is 0 Å². The summed E-state index contributed by atoms with van der Waals surface area (Å²) >= 11 is 0. The fourth-order valence-corrected chi connectivity index (χ4v) is 2.46. The minimum Gasteiger partial charge on any atom is -0.356 e. The second-order valence-corrected chi connectivity index (χ2v) is 5.00. The molecule has 0 bridgehead atoms. The summed E-state index contributed by atoms with van der Waals surface area (Å²) in [5.74, 6) is 1.73. The molecule has 4 heteroatoms. The van der Waals surface area contributed by atoms with Crippen molar-refractivity contribution in [2.45, 2.75) is 39.2 Å². The Kier molecular flexibility index (Phi) is 6.34. The molecule has 1 aliphatic rings. The van der Waals surface area contributed by atoms with Crippen molar-refractivity contribution in [2.24, 2.45) is 10.9 Å². The standard InChI is InChI=1S/C13H28N4/c1-5-11(6-2)12(17(3)4)10-16-13-14-8-7-9-15-13/h11-12H,5-10H2,1-4H3,(H2,14,15,16). The molecule has 0 radical (unpaired) electrons. The van der Waals surface area contributed by atoms with Crippen molar-refractivity contribution in [1.82, 2.24) is 15.5 Å². The molecule has 4 nitrogen and oxygen atoms in total. The Morgan fingerprint density at radius 3 is 2.53 bits per heavy atom. The zero-order valence-electron chi connectivity index (χ0n) is 11.8. The van der Waals surface area contributed by atoms with E-state index in [2.05, 4.69) is 48.5 Å². The molecule has 1 heterocycles. The molecule has 0 aromatic rings. The van der Waals surface area contributed by atoms with E-state index in [1.807, 2.05) is 0 Å². The molecule has 17 heavy (non-hydrogen) atoms. The topological polar surface area (TPSA) is 39.7 Å². The molecule has 0 saturated carbocycles. The highest BCUT2D eigenvalue weighted by atomic mass is 15.2. The zero-order chi connectivity index (χ0) is 12.7. The molecule has 100 valence electrons. The summed E-state index contributed by atoms with van der Waals surface area (Å²) in [7, 11) is 4.33. The van der Waals surface area contributed by atoms with Crippen molar-refractivity contribution < 1.29 is 0 Å². The monoisotopic (exact) mass is 240 g/mol. The SMILES string of the molecule is CCC(CC)C(CNC1=NCCCN1)N(C)C. The van der Waals surface area contributed by atoms with Crippen molar-refractivity contribution in [3.63, 3.8) is 0 Å². The second kappa shape index (κ2) is 7.54. The van der Waals surface area contributed by atoms with Crippen molar-refractivity contribution in [3.8, 4) is 0 Å². The largest absolute Gasteiger partial charge is 0.356 e. The van der Waals surface area contributed by atoms with E-state index in [0.717, 1.165) is 37.9 Å². The number of likely N-dealkylation sites (N-methyl/N-ethyl adjacent to an activating group) is 1. The third-order valence-electron chi connectivity index (χ3n) is 3.63. The summed E-state index contributed by atoms with van der Waals surface area (Å²) in [5.41, 5.74) is 0. The number of nitrogens with one attached hydrogen (secondary N) is 2. The Morgan fingerprint density at radius 2 is 2.06 bits per heavy atom. The van der Waals surface area contributed by atoms with Crippen molar-refractivity contribution in [2.75, 3.05) is 33.7 Å². The van der Waals surface area contributed by atoms with Crippen LogP contribution < -0.4 is 10.6 Å². The van der Waals surface area contributed by atoms with Gasteiger partial charge in [0.1, 0.15) is 0 Å². The van der Waals surface area contributed by atoms with Gasteiger partial charge in [-0.2, -0.15) is 0 Å². The van der Waals surface area contributed by atoms with Gasteiger partial charge in [0, 0.05) is 25.7 Å². The molecule has 0 fully saturated rings. The smallest absolute Gasteiger partial charge is 0.191 e. The molecule has 0 spiro atoms. The van der Waals surface area contributed by atoms with Gasteiger partial charge in [-0.15, -0.1) is 0 Å². The highest BCUT2D eigenvalue weighted by molar-refractivity contribution is 5.80. The molecule has 0 aromatic carbocycles. The fourth-order valence-electron chi connectivity index (χ4n) is 2.46. The highest BCUT2D eigenvalue weighted by Gasteiger charge is 2.20. The summed E-state index contributed by atoms with van der Waals surface area (Å²) in [6, 6.07) is 0.580. The van der Waals surface area contributed by atoms with Crippen molar-refractivity contribution in [1.29, 1.82) is 0 Å². The van der Waals surface area contributed by atoms with Gasteiger partial charge in [-0.25, -0.2) is 0 Å². The molecule has 0 aromatic heterocycles. The van der Waals surface area contributed by atoms with E-state index in [1.165, 1.54) is 12.8 Å². The summed E-state index contributed by atoms with van der Waals surface area (Å²) in [6.07, 6.45) is 3.62. The molecule has 1 atom stereocenters. The lowest BCUT2D eigenvalue weighted by molar-refractivity contribution is 0.200. The van der Waals surface area contributed by atoms with Crippen LogP contribution >= 0.6 is 0 Å². The predicted octanol–water partition coefficient (Wildman–Crippen LogP) is 1.29. The van der Waals surface area contributed by atoms with E-state index < -0.39 is 0 Å². The molecular formula is C13H28N4. The maximum absolute atomic E-state index is 4.45. The Labute approximate surface area is 106 Å². The molecular weight excluding hydrogens is 212 g/mol. The maximum Gasteiger partial charge on any atom is 0.191 e. The molecule has 0 aliphatic carbocycles. The first-order valence-corrected chi connectivity index (χ1v) is 6.87. The highest BCUT2D eigenvalue weighted by Crippen LogP contribution is 2.16. The summed E-state index contributed by atoms with van der Waals surface area (Å²) in [4.78, 5) is 6.78. The lowest BCUT2D eigenvalue weighted by atomic mass is 9.93. The molecule has 0 amide bonds. The lowest BCUT2D eigenvalue weighted by Crippen LogP contribution is -2.49. The van der Waals surface area contributed by atoms with Crippen LogP contribution in [-0.4, -0.2) is 50.6 Å². The van der Waals surface area contributed by atoms with Crippen LogP contribution in [0.4, 0.5) is 0 Å². The van der Waals surface area contributed by atoms with Gasteiger partial charge in [0.05, 0.1) is 0 Å². The van der Waals surface area contributed by atoms with E-state index in [9.17, 15) is 0 Å². The number of rotatable bonds is 6. The fraction of sp³-hybridized carbons (Fsp3) is 0.923. The van der Waals surface area contributed by atoms with Crippen LogP contribution in [0, 0.1) is 5.92 Å². The van der Waals surface area contributed by atoms with Crippen molar-refractivity contribution >= 4 is 5.96 Å². The van der Waals surface area contributed by atoms with E-state index in [1.54, 1.807) is 0 Å². The van der Waals surface area contributed by atoms with Crippen LogP contribution in [0.25, 0.3) is 0 Å². The van der Waals surface area contributed by atoms with Crippen LogP contribution in [-0.2, 0) is 0 Å². The third kappa shape index (κ3) is 4.54. The summed E-state index contributed by atoms with van der Waals surface area (Å²) in [5, 5.41) is 6.76. The quantitative estimate of drug-likeness (QED) is 0.735. The molecule has 0 saturated heterocycles. The molecule has 1 rings (SSSR count). The van der Waals surface area contributed by atoms with Crippen LogP contribution in [0.15, 0.2) is 4.99 Å². The van der Waals surface area contributed by atoms with Crippen LogP contribution in [0.2, 0.25) is 0 Å². The Morgan fingerprint density at radius 1 is 1.35 bits per heavy atom. The summed E-state index contributed by atoms with van der Waals surface area (Å²) in [6.45, 7) is 7.53. The van der Waals surface area contributed by atoms with Gasteiger partial charge in [0.25, 0.3) is 0 Å². The minimum atomic E-state index is 0.580. The number of nitrogens with zero attached hydrogens (tertiary/aromatic N) is 2. The Balaban J connectivity index is 2.46. The molecule has 1 aliphatic heterocycles. The first kappa shape index (κ1) is 14.3. The van der Waals surface area contributed by atoms with Gasteiger partial charge < -0.3 is 15.5 Å². The van der Waals surface area contributed by atoms with Gasteiger partial charge in [-0.05, 0) is 26.4 Å². The van der Waals surface area contributed by atoms with Gasteiger partial charge >= 0.3 is 0 Å². The van der Waals surface area contributed by atoms with E-state index in [4.69, 9.17) is 0 Å². The predicted molar refractivity (Wildman–Crippen MR) is 74.5 cm³/mol. The number of guanidine groups is 1. The lowest BCUT2D eigenvalue weighted by Gasteiger charge is -2.32. The van der Waals surface area contributed by atoms with Gasteiger partial charge in [0.15, 0.2) is 5.96 Å². The average molecular weight is 240 g/mol. The first-order chi connectivity index (χ1) is 8.19. The first-order valence-electron chi connectivity index (χ1n) is 6.87. The molecule has 2 N–H and O–H groups in total. The maximum atomic E-state index is 4.45. The van der Waals surface area contributed by atoms with Gasteiger partial charge in [0.2, 0.25) is 0 Å². The summed E-state index contributed by atoms with van der Waals surface area (Å²) < 4.78 is 0. The zero-order valence-corrected chi connectivity index (χ0v) is 11.8. The van der Waals surface area contributed by atoms with E-state index >= 15 is 0 Å². The van der Waals surface area contributed by atoms with Crippen LogP contribution in [0.1, 0.15) is 33.1 Å². The third-order valence-corrected chi connectivity index (χ3v) is 3.63. The molecule has 1 unspecified atom stereocenters. The number of hydrogen-bond acceptors (Lipinski definition) is 4. The van der Waals surface area contributed by atoms with E-state index in [-0.39, 0.29) is 0 Å². The normalized spacial score (nSPS) is 17.9. The van der Waals surface area contributed by atoms with Gasteiger partial charge in [-0.3, -0.25) is 4.99 Å². The second-order valence-electron chi connectivity index (χ2n) is 5.00. The Bertz CT molecular complexity index is 234. The minimum absolute atomic E-state index is 0.580. The Hall–Kier alpha value is -0.770. The van der Waals surface area contributed by atoms with Crippen LogP contribution in [0.5, 0.6) is 0 Å². The number of hydrogen-bond donors (Lipinski definition) is 2. The number of aliphatic imine (C=N–C) groups is 1. The van der Waals surface area contributed by atoms with E-state index in [0.29, 0.717) is 6.04 Å². The van der Waals surface area contributed by atoms with Crippen molar-refractivity contribution in [3.05, 3.63) is 0 Å². The average Bonchev–Trinajstić information content (AvgIpc) is 2.35.